The minimum atomic E-state index is -1.03. The Hall–Kier alpha value is -2.08. The number of nitrogens with one attached hydrogen (secondary N) is 1. The number of carboxylic acids is 1. The quantitative estimate of drug-likeness (QED) is 0.843. The minimum absolute atomic E-state index is 0.126. The Morgan fingerprint density at radius 2 is 2.16 bits per heavy atom. The lowest BCUT2D eigenvalue weighted by molar-refractivity contribution is 0.0699. The van der Waals surface area contributed by atoms with Crippen molar-refractivity contribution in [1.29, 1.82) is 0 Å². The van der Waals surface area contributed by atoms with Gasteiger partial charge in [-0.3, -0.25) is 4.57 Å². The molecule has 2 rings (SSSR count). The van der Waals surface area contributed by atoms with Gasteiger partial charge < -0.3 is 15.0 Å². The van der Waals surface area contributed by atoms with Gasteiger partial charge in [-0.2, -0.15) is 0 Å². The Balaban J connectivity index is 2.40. The Labute approximate surface area is 110 Å². The molecular formula is C13H17N3O3. The summed E-state index contributed by atoms with van der Waals surface area (Å²) in [7, 11) is 3.95. The van der Waals surface area contributed by atoms with Gasteiger partial charge in [-0.25, -0.2) is 9.59 Å². The van der Waals surface area contributed by atoms with Gasteiger partial charge in [0.25, 0.3) is 0 Å². The fourth-order valence-electron chi connectivity index (χ4n) is 2.13. The molecule has 0 saturated carbocycles. The highest BCUT2D eigenvalue weighted by atomic mass is 16.4. The number of fused-ring (bicyclic) bond motifs is 1. The lowest BCUT2D eigenvalue weighted by Crippen LogP contribution is -2.20. The molecule has 1 heterocycles. The number of carboxylic acid groups (broad SMARTS) is 1. The summed E-state index contributed by atoms with van der Waals surface area (Å²) < 4.78 is 1.59. The number of aromatic nitrogens is 2. The standard InChI is InChI=1S/C13H17N3O3/c1-15(2)7-4-8-16-10-6-3-5-9(12(17)18)11(10)14-13(16)19/h3,5-6H,4,7-8H2,1-2H3,(H,14,19)(H,17,18). The number of para-hydroxylation sites is 1. The Kier molecular flexibility index (Phi) is 3.71. The topological polar surface area (TPSA) is 78.3 Å². The first-order valence-electron chi connectivity index (χ1n) is 6.10. The number of aromatic amines is 1. The number of carbonyl (C=O) groups is 1. The van der Waals surface area contributed by atoms with E-state index in [-0.39, 0.29) is 11.3 Å². The number of nitrogens with zero attached hydrogens (tertiary/aromatic N) is 2. The number of aromatic carboxylic acids is 1. The van der Waals surface area contributed by atoms with Gasteiger partial charge in [-0.05, 0) is 39.2 Å². The Morgan fingerprint density at radius 1 is 1.42 bits per heavy atom. The summed E-state index contributed by atoms with van der Waals surface area (Å²) in [6.45, 7) is 1.44. The molecule has 2 aromatic rings. The molecule has 0 amide bonds. The summed E-state index contributed by atoms with van der Waals surface area (Å²) in [5, 5.41) is 9.09. The van der Waals surface area contributed by atoms with E-state index in [1.165, 1.54) is 6.07 Å². The Morgan fingerprint density at radius 3 is 2.79 bits per heavy atom. The molecule has 6 nitrogen and oxygen atoms in total. The van der Waals surface area contributed by atoms with Gasteiger partial charge in [-0.15, -0.1) is 0 Å². The van der Waals surface area contributed by atoms with Crippen LogP contribution in [0, 0.1) is 0 Å². The van der Waals surface area contributed by atoms with Gasteiger partial charge in [0.15, 0.2) is 0 Å². The second kappa shape index (κ2) is 5.27. The molecule has 0 atom stereocenters. The number of hydrogen-bond donors (Lipinski definition) is 2. The fourth-order valence-corrected chi connectivity index (χ4v) is 2.13. The van der Waals surface area contributed by atoms with Crippen LogP contribution in [0.5, 0.6) is 0 Å². The largest absolute Gasteiger partial charge is 0.478 e. The highest BCUT2D eigenvalue weighted by molar-refractivity contribution is 6.00. The monoisotopic (exact) mass is 263 g/mol. The summed E-state index contributed by atoms with van der Waals surface area (Å²) in [6, 6.07) is 4.90. The van der Waals surface area contributed by atoms with Crippen LogP contribution in [-0.2, 0) is 6.54 Å². The number of imidazole rings is 1. The predicted octanol–water partition coefficient (Wildman–Crippen LogP) is 0.980. The van der Waals surface area contributed by atoms with Crippen molar-refractivity contribution in [2.75, 3.05) is 20.6 Å². The van der Waals surface area contributed by atoms with Crippen molar-refractivity contribution >= 4 is 17.0 Å². The van der Waals surface area contributed by atoms with Crippen LogP contribution in [0.1, 0.15) is 16.8 Å². The molecule has 0 aliphatic rings. The van der Waals surface area contributed by atoms with Crippen LogP contribution < -0.4 is 5.69 Å². The number of hydrogen-bond acceptors (Lipinski definition) is 3. The SMILES string of the molecule is CN(C)CCCn1c(=O)[nH]c2c(C(=O)O)cccc21. The van der Waals surface area contributed by atoms with Crippen LogP contribution in [0.3, 0.4) is 0 Å². The number of H-pyrrole nitrogens is 1. The molecule has 19 heavy (non-hydrogen) atoms. The second-order valence-electron chi connectivity index (χ2n) is 4.74. The van der Waals surface area contributed by atoms with E-state index in [0.29, 0.717) is 17.6 Å². The van der Waals surface area contributed by atoms with E-state index in [2.05, 4.69) is 4.98 Å². The molecule has 0 fully saturated rings. The third-order valence-corrected chi connectivity index (χ3v) is 3.03. The summed E-state index contributed by atoms with van der Waals surface area (Å²) in [5.74, 6) is -1.03. The smallest absolute Gasteiger partial charge is 0.337 e. The third kappa shape index (κ3) is 2.68. The highest BCUT2D eigenvalue weighted by Gasteiger charge is 2.13. The zero-order chi connectivity index (χ0) is 14.0. The van der Waals surface area contributed by atoms with E-state index in [1.807, 2.05) is 19.0 Å². The van der Waals surface area contributed by atoms with Crippen LogP contribution in [0.2, 0.25) is 0 Å². The average molecular weight is 263 g/mol. The van der Waals surface area contributed by atoms with Gasteiger partial charge in [0.1, 0.15) is 0 Å². The van der Waals surface area contributed by atoms with Crippen LogP contribution in [0.15, 0.2) is 23.0 Å². The number of aryl methyl sites for hydroxylation is 1. The minimum Gasteiger partial charge on any atom is -0.478 e. The lowest BCUT2D eigenvalue weighted by atomic mass is 10.2. The average Bonchev–Trinajstić information content (AvgIpc) is 2.65. The summed E-state index contributed by atoms with van der Waals surface area (Å²) in [4.78, 5) is 27.7. The van der Waals surface area contributed by atoms with Crippen LogP contribution in [0.4, 0.5) is 0 Å². The Bertz CT molecular complexity index is 655. The molecule has 0 saturated heterocycles. The van der Waals surface area contributed by atoms with Crippen molar-refractivity contribution in [2.24, 2.45) is 0 Å². The summed E-state index contributed by atoms with van der Waals surface area (Å²) >= 11 is 0. The van der Waals surface area contributed by atoms with Crippen molar-refractivity contribution in [2.45, 2.75) is 13.0 Å². The fraction of sp³-hybridized carbons (Fsp3) is 0.385. The molecular weight excluding hydrogens is 246 g/mol. The zero-order valence-corrected chi connectivity index (χ0v) is 11.0. The van der Waals surface area contributed by atoms with E-state index in [4.69, 9.17) is 5.11 Å². The van der Waals surface area contributed by atoms with Gasteiger partial charge >= 0.3 is 11.7 Å². The molecule has 0 radical (unpaired) electrons. The third-order valence-electron chi connectivity index (χ3n) is 3.03. The van der Waals surface area contributed by atoms with Crippen LogP contribution in [-0.4, -0.2) is 46.2 Å². The number of benzene rings is 1. The number of rotatable bonds is 5. The molecule has 1 aromatic carbocycles. The normalized spacial score (nSPS) is 11.3. The van der Waals surface area contributed by atoms with E-state index in [0.717, 1.165) is 13.0 Å². The first-order valence-corrected chi connectivity index (χ1v) is 6.10. The van der Waals surface area contributed by atoms with E-state index < -0.39 is 5.97 Å². The molecule has 0 aliphatic heterocycles. The first-order chi connectivity index (χ1) is 9.00. The highest BCUT2D eigenvalue weighted by Crippen LogP contribution is 2.15. The predicted molar refractivity (Wildman–Crippen MR) is 72.7 cm³/mol. The zero-order valence-electron chi connectivity index (χ0n) is 11.0. The molecule has 0 spiro atoms. The molecule has 0 unspecified atom stereocenters. The maximum atomic E-state index is 11.9. The van der Waals surface area contributed by atoms with Crippen molar-refractivity contribution in [3.8, 4) is 0 Å². The summed E-state index contributed by atoms with van der Waals surface area (Å²) in [5.41, 5.74) is 0.900. The van der Waals surface area contributed by atoms with Crippen molar-refractivity contribution < 1.29 is 9.90 Å². The summed E-state index contributed by atoms with van der Waals surface area (Å²) in [6.07, 6.45) is 0.831. The second-order valence-corrected chi connectivity index (χ2v) is 4.74. The maximum absolute atomic E-state index is 11.9. The van der Waals surface area contributed by atoms with Crippen LogP contribution >= 0.6 is 0 Å². The van der Waals surface area contributed by atoms with Gasteiger partial charge in [0, 0.05) is 6.54 Å². The van der Waals surface area contributed by atoms with E-state index >= 15 is 0 Å². The maximum Gasteiger partial charge on any atom is 0.337 e. The molecule has 0 aliphatic carbocycles. The van der Waals surface area contributed by atoms with Crippen molar-refractivity contribution in [3.63, 3.8) is 0 Å². The molecule has 102 valence electrons. The molecule has 2 N–H and O–H groups in total. The van der Waals surface area contributed by atoms with E-state index in [9.17, 15) is 9.59 Å². The first kappa shape index (κ1) is 13.4. The van der Waals surface area contributed by atoms with Crippen LogP contribution in [0.25, 0.3) is 11.0 Å². The molecule has 0 bridgehead atoms. The van der Waals surface area contributed by atoms with Gasteiger partial charge in [0.2, 0.25) is 0 Å². The lowest BCUT2D eigenvalue weighted by Gasteiger charge is -2.09. The van der Waals surface area contributed by atoms with Gasteiger partial charge in [0.05, 0.1) is 16.6 Å². The molecule has 1 aromatic heterocycles. The van der Waals surface area contributed by atoms with Crippen molar-refractivity contribution in [3.05, 3.63) is 34.2 Å². The van der Waals surface area contributed by atoms with E-state index in [1.54, 1.807) is 16.7 Å². The van der Waals surface area contributed by atoms with Gasteiger partial charge in [-0.1, -0.05) is 6.07 Å². The molecule has 6 heteroatoms. The van der Waals surface area contributed by atoms with Crippen molar-refractivity contribution in [1.82, 2.24) is 14.5 Å².